The standard InChI is InChI=1S/C12H11FN6/c1-6-2-3-7(4-8(6)13)17-11-9-10(16-5-15-9)18-12(14)19-11/h2-5H,1H3,(H4,14,15,16,17,18,19). The highest BCUT2D eigenvalue weighted by Crippen LogP contribution is 2.23. The number of imidazole rings is 1. The van der Waals surface area contributed by atoms with E-state index < -0.39 is 0 Å². The molecule has 0 saturated carbocycles. The fourth-order valence-electron chi connectivity index (χ4n) is 1.75. The Bertz CT molecular complexity index is 751. The van der Waals surface area contributed by atoms with E-state index in [0.29, 0.717) is 28.2 Å². The van der Waals surface area contributed by atoms with E-state index in [1.807, 2.05) is 0 Å². The number of nitrogens with two attached hydrogens (primary N) is 1. The number of aromatic amines is 1. The van der Waals surface area contributed by atoms with Crippen LogP contribution in [0.2, 0.25) is 0 Å². The number of nitrogens with zero attached hydrogens (tertiary/aromatic N) is 3. The van der Waals surface area contributed by atoms with Gasteiger partial charge in [0.05, 0.1) is 6.33 Å². The van der Waals surface area contributed by atoms with E-state index >= 15 is 0 Å². The summed E-state index contributed by atoms with van der Waals surface area (Å²) in [5.74, 6) is 0.283. The topological polar surface area (TPSA) is 92.5 Å². The Morgan fingerprint density at radius 1 is 1.32 bits per heavy atom. The number of nitrogens with one attached hydrogen (secondary N) is 2. The van der Waals surface area contributed by atoms with Gasteiger partial charge < -0.3 is 16.0 Å². The van der Waals surface area contributed by atoms with Gasteiger partial charge in [0.25, 0.3) is 0 Å². The van der Waals surface area contributed by atoms with E-state index in [1.165, 1.54) is 12.4 Å². The smallest absolute Gasteiger partial charge is 0.224 e. The average Bonchev–Trinajstić information content (AvgIpc) is 2.82. The molecule has 2 heterocycles. The Hall–Kier alpha value is -2.70. The van der Waals surface area contributed by atoms with Crippen molar-refractivity contribution in [2.24, 2.45) is 0 Å². The molecule has 0 aliphatic heterocycles. The van der Waals surface area contributed by atoms with E-state index in [0.717, 1.165) is 0 Å². The Labute approximate surface area is 107 Å². The Morgan fingerprint density at radius 3 is 2.95 bits per heavy atom. The molecule has 0 atom stereocenters. The number of anilines is 3. The number of aryl methyl sites for hydroxylation is 1. The van der Waals surface area contributed by atoms with E-state index in [4.69, 9.17) is 5.73 Å². The van der Waals surface area contributed by atoms with E-state index in [2.05, 4.69) is 25.3 Å². The van der Waals surface area contributed by atoms with Gasteiger partial charge in [0.15, 0.2) is 11.5 Å². The molecule has 96 valence electrons. The minimum Gasteiger partial charge on any atom is -0.368 e. The molecule has 0 aliphatic carbocycles. The Balaban J connectivity index is 2.04. The van der Waals surface area contributed by atoms with Crippen LogP contribution in [-0.4, -0.2) is 19.9 Å². The van der Waals surface area contributed by atoms with Gasteiger partial charge in [0, 0.05) is 5.69 Å². The summed E-state index contributed by atoms with van der Waals surface area (Å²) in [5, 5.41) is 3.00. The SMILES string of the molecule is Cc1ccc(Nc2nc(N)nc3nc[nH]c23)cc1F. The van der Waals surface area contributed by atoms with Gasteiger partial charge in [-0.15, -0.1) is 0 Å². The molecule has 0 saturated heterocycles. The van der Waals surface area contributed by atoms with Crippen molar-refractivity contribution in [1.82, 2.24) is 19.9 Å². The third-order valence-electron chi connectivity index (χ3n) is 2.74. The summed E-state index contributed by atoms with van der Waals surface area (Å²) in [6.45, 7) is 1.70. The monoisotopic (exact) mass is 258 g/mol. The maximum absolute atomic E-state index is 13.5. The van der Waals surface area contributed by atoms with Gasteiger partial charge in [0.1, 0.15) is 11.3 Å². The van der Waals surface area contributed by atoms with Crippen LogP contribution in [0.5, 0.6) is 0 Å². The van der Waals surface area contributed by atoms with Crippen molar-refractivity contribution in [3.8, 4) is 0 Å². The van der Waals surface area contributed by atoms with E-state index in [9.17, 15) is 4.39 Å². The first-order chi connectivity index (χ1) is 9.13. The fraction of sp³-hybridized carbons (Fsp3) is 0.0833. The van der Waals surface area contributed by atoms with Crippen LogP contribution in [0.25, 0.3) is 11.2 Å². The van der Waals surface area contributed by atoms with Crippen molar-refractivity contribution in [3.05, 3.63) is 35.9 Å². The van der Waals surface area contributed by atoms with Crippen molar-refractivity contribution in [1.29, 1.82) is 0 Å². The molecular formula is C12H11FN6. The second-order valence-corrected chi connectivity index (χ2v) is 4.12. The van der Waals surface area contributed by atoms with Crippen LogP contribution in [0.3, 0.4) is 0 Å². The molecule has 3 aromatic rings. The molecule has 0 spiro atoms. The molecule has 0 aliphatic rings. The number of benzene rings is 1. The summed E-state index contributed by atoms with van der Waals surface area (Å²) in [7, 11) is 0. The zero-order valence-electron chi connectivity index (χ0n) is 10.1. The minimum atomic E-state index is -0.284. The number of hydrogen-bond acceptors (Lipinski definition) is 5. The fourth-order valence-corrected chi connectivity index (χ4v) is 1.75. The number of aromatic nitrogens is 4. The summed E-state index contributed by atoms with van der Waals surface area (Å²) in [6.07, 6.45) is 1.50. The second-order valence-electron chi connectivity index (χ2n) is 4.12. The lowest BCUT2D eigenvalue weighted by Gasteiger charge is -2.07. The predicted molar refractivity (Wildman–Crippen MR) is 70.5 cm³/mol. The van der Waals surface area contributed by atoms with Crippen LogP contribution in [0, 0.1) is 12.7 Å². The maximum atomic E-state index is 13.5. The largest absolute Gasteiger partial charge is 0.368 e. The van der Waals surface area contributed by atoms with Crippen LogP contribution < -0.4 is 11.1 Å². The lowest BCUT2D eigenvalue weighted by molar-refractivity contribution is 0.619. The number of rotatable bonds is 2. The average molecular weight is 258 g/mol. The summed E-state index contributed by atoms with van der Waals surface area (Å²) in [5.41, 5.74) is 7.85. The van der Waals surface area contributed by atoms with Gasteiger partial charge in [-0.3, -0.25) is 0 Å². The molecular weight excluding hydrogens is 247 g/mol. The number of hydrogen-bond donors (Lipinski definition) is 3. The molecule has 6 nitrogen and oxygen atoms in total. The molecule has 0 unspecified atom stereocenters. The normalized spacial score (nSPS) is 10.8. The number of H-pyrrole nitrogens is 1. The molecule has 7 heteroatoms. The quantitative estimate of drug-likeness (QED) is 0.654. The van der Waals surface area contributed by atoms with Crippen molar-refractivity contribution in [2.75, 3.05) is 11.1 Å². The molecule has 0 fully saturated rings. The van der Waals surface area contributed by atoms with Gasteiger partial charge in [-0.05, 0) is 24.6 Å². The minimum absolute atomic E-state index is 0.106. The maximum Gasteiger partial charge on any atom is 0.224 e. The van der Waals surface area contributed by atoms with Gasteiger partial charge in [-0.25, -0.2) is 9.37 Å². The molecule has 0 bridgehead atoms. The first kappa shape index (κ1) is 11.4. The van der Waals surface area contributed by atoms with Crippen molar-refractivity contribution >= 4 is 28.6 Å². The first-order valence-corrected chi connectivity index (χ1v) is 5.63. The molecule has 0 radical (unpaired) electrons. The summed E-state index contributed by atoms with van der Waals surface area (Å²) < 4.78 is 13.5. The van der Waals surface area contributed by atoms with Crippen molar-refractivity contribution < 1.29 is 4.39 Å². The van der Waals surface area contributed by atoms with Crippen LogP contribution in [-0.2, 0) is 0 Å². The zero-order chi connectivity index (χ0) is 13.4. The van der Waals surface area contributed by atoms with Gasteiger partial charge in [0.2, 0.25) is 5.95 Å². The van der Waals surface area contributed by atoms with Crippen LogP contribution in [0.1, 0.15) is 5.56 Å². The van der Waals surface area contributed by atoms with Gasteiger partial charge in [-0.1, -0.05) is 6.07 Å². The number of nitrogen functional groups attached to an aromatic ring is 1. The van der Waals surface area contributed by atoms with Gasteiger partial charge in [-0.2, -0.15) is 9.97 Å². The van der Waals surface area contributed by atoms with E-state index in [1.54, 1.807) is 19.1 Å². The molecule has 2 aromatic heterocycles. The first-order valence-electron chi connectivity index (χ1n) is 5.63. The summed E-state index contributed by atoms with van der Waals surface area (Å²) >= 11 is 0. The van der Waals surface area contributed by atoms with Crippen molar-refractivity contribution in [3.63, 3.8) is 0 Å². The van der Waals surface area contributed by atoms with Crippen LogP contribution >= 0.6 is 0 Å². The molecule has 1 aromatic carbocycles. The molecule has 0 amide bonds. The highest BCUT2D eigenvalue weighted by atomic mass is 19.1. The highest BCUT2D eigenvalue weighted by Gasteiger charge is 2.09. The molecule has 3 rings (SSSR count). The third kappa shape index (κ3) is 2.05. The van der Waals surface area contributed by atoms with Crippen LogP contribution in [0.15, 0.2) is 24.5 Å². The molecule has 4 N–H and O–H groups in total. The Kier molecular flexibility index (Phi) is 2.52. The second kappa shape index (κ2) is 4.20. The highest BCUT2D eigenvalue weighted by molar-refractivity contribution is 5.85. The predicted octanol–water partition coefficient (Wildman–Crippen LogP) is 2.13. The van der Waals surface area contributed by atoms with Crippen LogP contribution in [0.4, 0.5) is 21.8 Å². The number of fused-ring (bicyclic) bond motifs is 1. The third-order valence-corrected chi connectivity index (χ3v) is 2.74. The molecule has 19 heavy (non-hydrogen) atoms. The lowest BCUT2D eigenvalue weighted by atomic mass is 10.2. The number of halogens is 1. The summed E-state index contributed by atoms with van der Waals surface area (Å²) in [4.78, 5) is 15.0. The zero-order valence-corrected chi connectivity index (χ0v) is 10.1. The summed E-state index contributed by atoms with van der Waals surface area (Å²) in [6, 6.07) is 4.85. The lowest BCUT2D eigenvalue weighted by Crippen LogP contribution is -2.01. The van der Waals surface area contributed by atoms with Gasteiger partial charge >= 0.3 is 0 Å². The van der Waals surface area contributed by atoms with Crippen molar-refractivity contribution in [2.45, 2.75) is 6.92 Å². The van der Waals surface area contributed by atoms with E-state index in [-0.39, 0.29) is 11.8 Å². The Morgan fingerprint density at radius 2 is 2.16 bits per heavy atom.